The first-order chi connectivity index (χ1) is 8.72. The number of nitrogens with one attached hydrogen (secondary N) is 1. The number of nitriles is 1. The summed E-state index contributed by atoms with van der Waals surface area (Å²) < 4.78 is 0. The molecule has 96 valence electrons. The van der Waals surface area contributed by atoms with Crippen molar-refractivity contribution < 1.29 is 0 Å². The molecule has 0 spiro atoms. The molecule has 1 aliphatic heterocycles. The maximum Gasteiger partial charge on any atom is 0.150 e. The summed E-state index contributed by atoms with van der Waals surface area (Å²) >= 11 is 0. The first-order valence-electron chi connectivity index (χ1n) is 6.35. The van der Waals surface area contributed by atoms with E-state index in [1.165, 1.54) is 25.9 Å². The predicted molar refractivity (Wildman–Crippen MR) is 72.1 cm³/mol. The van der Waals surface area contributed by atoms with Crippen molar-refractivity contribution in [1.29, 1.82) is 5.26 Å². The molecular weight excluding hydrogens is 226 g/mol. The SMILES string of the molecule is CC(CNc1nccc(C#N)c1N)N1CCCC1. The summed E-state index contributed by atoms with van der Waals surface area (Å²) in [6, 6.07) is 4.15. The molecule has 1 atom stereocenters. The lowest BCUT2D eigenvalue weighted by molar-refractivity contribution is 0.269. The van der Waals surface area contributed by atoms with Gasteiger partial charge in [0.05, 0.1) is 11.3 Å². The van der Waals surface area contributed by atoms with Crippen LogP contribution in [0.1, 0.15) is 25.3 Å². The Labute approximate surface area is 108 Å². The fourth-order valence-electron chi connectivity index (χ4n) is 2.27. The highest BCUT2D eigenvalue weighted by molar-refractivity contribution is 5.68. The highest BCUT2D eigenvalue weighted by atomic mass is 15.2. The van der Waals surface area contributed by atoms with Crippen molar-refractivity contribution in [3.05, 3.63) is 17.8 Å². The van der Waals surface area contributed by atoms with Crippen molar-refractivity contribution in [3.8, 4) is 6.07 Å². The van der Waals surface area contributed by atoms with Gasteiger partial charge in [0.1, 0.15) is 6.07 Å². The molecule has 5 nitrogen and oxygen atoms in total. The van der Waals surface area contributed by atoms with Crippen LogP contribution in [-0.4, -0.2) is 35.6 Å². The number of anilines is 2. The van der Waals surface area contributed by atoms with Gasteiger partial charge in [0.2, 0.25) is 0 Å². The van der Waals surface area contributed by atoms with Gasteiger partial charge in [-0.15, -0.1) is 0 Å². The lowest BCUT2D eigenvalue weighted by Gasteiger charge is -2.24. The Bertz CT molecular complexity index is 445. The van der Waals surface area contributed by atoms with E-state index in [2.05, 4.69) is 28.2 Å². The van der Waals surface area contributed by atoms with Crippen LogP contribution in [0.3, 0.4) is 0 Å². The monoisotopic (exact) mass is 245 g/mol. The summed E-state index contributed by atoms with van der Waals surface area (Å²) in [5.74, 6) is 0.611. The van der Waals surface area contributed by atoms with Crippen LogP contribution in [-0.2, 0) is 0 Å². The standard InChI is InChI=1S/C13H19N5/c1-10(18-6-2-3-7-18)9-17-13-12(15)11(8-14)4-5-16-13/h4-5,10H,2-3,6-7,9,15H2,1H3,(H,16,17). The smallest absolute Gasteiger partial charge is 0.150 e. The Morgan fingerprint density at radius 3 is 2.94 bits per heavy atom. The molecule has 1 aromatic rings. The fraction of sp³-hybridized carbons (Fsp3) is 0.538. The maximum atomic E-state index is 8.90. The molecule has 0 radical (unpaired) electrons. The molecule has 2 rings (SSSR count). The van der Waals surface area contributed by atoms with Gasteiger partial charge in [0.25, 0.3) is 0 Å². The zero-order chi connectivity index (χ0) is 13.0. The van der Waals surface area contributed by atoms with Gasteiger partial charge < -0.3 is 11.1 Å². The first kappa shape index (κ1) is 12.7. The molecule has 1 aromatic heterocycles. The average molecular weight is 245 g/mol. The number of aromatic nitrogens is 1. The third kappa shape index (κ3) is 2.71. The van der Waals surface area contributed by atoms with Gasteiger partial charge >= 0.3 is 0 Å². The third-order valence-electron chi connectivity index (χ3n) is 3.44. The van der Waals surface area contributed by atoms with E-state index in [0.29, 0.717) is 23.1 Å². The van der Waals surface area contributed by atoms with Gasteiger partial charge in [-0.2, -0.15) is 5.26 Å². The normalized spacial score (nSPS) is 17.3. The topological polar surface area (TPSA) is 78.0 Å². The molecule has 1 saturated heterocycles. The lowest BCUT2D eigenvalue weighted by Crippen LogP contribution is -2.35. The van der Waals surface area contributed by atoms with E-state index in [-0.39, 0.29) is 0 Å². The molecule has 18 heavy (non-hydrogen) atoms. The number of nitrogen functional groups attached to an aromatic ring is 1. The second-order valence-corrected chi connectivity index (χ2v) is 4.71. The molecular formula is C13H19N5. The molecule has 1 unspecified atom stereocenters. The molecule has 0 aromatic carbocycles. The van der Waals surface area contributed by atoms with Crippen LogP contribution in [0.15, 0.2) is 12.3 Å². The van der Waals surface area contributed by atoms with Crippen LogP contribution in [0, 0.1) is 11.3 Å². The summed E-state index contributed by atoms with van der Waals surface area (Å²) in [6.07, 6.45) is 4.18. The predicted octanol–water partition coefficient (Wildman–Crippen LogP) is 1.43. The molecule has 0 saturated carbocycles. The van der Waals surface area contributed by atoms with Crippen molar-refractivity contribution >= 4 is 11.5 Å². The molecule has 1 fully saturated rings. The number of pyridine rings is 1. The number of hydrogen-bond donors (Lipinski definition) is 2. The van der Waals surface area contributed by atoms with Crippen molar-refractivity contribution in [2.75, 3.05) is 30.7 Å². The van der Waals surface area contributed by atoms with Crippen LogP contribution in [0.5, 0.6) is 0 Å². The largest absolute Gasteiger partial charge is 0.395 e. The van der Waals surface area contributed by atoms with Crippen LogP contribution >= 0.6 is 0 Å². The van der Waals surface area contributed by atoms with Gasteiger partial charge in [-0.05, 0) is 38.9 Å². The van der Waals surface area contributed by atoms with Gasteiger partial charge in [-0.3, -0.25) is 4.90 Å². The summed E-state index contributed by atoms with van der Waals surface area (Å²) in [5.41, 5.74) is 6.78. The van der Waals surface area contributed by atoms with Crippen molar-refractivity contribution in [2.45, 2.75) is 25.8 Å². The zero-order valence-corrected chi connectivity index (χ0v) is 10.7. The molecule has 0 amide bonds. The quantitative estimate of drug-likeness (QED) is 0.839. The van der Waals surface area contributed by atoms with Crippen LogP contribution in [0.2, 0.25) is 0 Å². The summed E-state index contributed by atoms with van der Waals surface area (Å²) in [4.78, 5) is 6.64. The minimum atomic E-state index is 0.439. The van der Waals surface area contributed by atoms with Crippen LogP contribution in [0.25, 0.3) is 0 Å². The lowest BCUT2D eigenvalue weighted by atomic mass is 10.2. The summed E-state index contributed by atoms with van der Waals surface area (Å²) in [5, 5.41) is 12.1. The maximum absolute atomic E-state index is 8.90. The number of hydrogen-bond acceptors (Lipinski definition) is 5. The van der Waals surface area contributed by atoms with Gasteiger partial charge in [0, 0.05) is 18.8 Å². The average Bonchev–Trinajstić information content (AvgIpc) is 2.91. The van der Waals surface area contributed by atoms with E-state index >= 15 is 0 Å². The number of rotatable bonds is 4. The minimum absolute atomic E-state index is 0.439. The Balaban J connectivity index is 1.95. The Morgan fingerprint density at radius 1 is 1.56 bits per heavy atom. The molecule has 5 heteroatoms. The molecule has 3 N–H and O–H groups in total. The van der Waals surface area contributed by atoms with E-state index in [4.69, 9.17) is 11.0 Å². The first-order valence-corrected chi connectivity index (χ1v) is 6.35. The highest BCUT2D eigenvalue weighted by Gasteiger charge is 2.18. The van der Waals surface area contributed by atoms with E-state index in [1.807, 2.05) is 0 Å². The molecule has 0 bridgehead atoms. The van der Waals surface area contributed by atoms with E-state index < -0.39 is 0 Å². The molecule has 1 aliphatic rings. The molecule has 2 heterocycles. The minimum Gasteiger partial charge on any atom is -0.395 e. The number of likely N-dealkylation sites (tertiary alicyclic amines) is 1. The van der Waals surface area contributed by atoms with Gasteiger partial charge in [-0.25, -0.2) is 4.98 Å². The Hall–Kier alpha value is -1.80. The zero-order valence-electron chi connectivity index (χ0n) is 10.7. The van der Waals surface area contributed by atoms with Gasteiger partial charge in [0.15, 0.2) is 5.82 Å². The Kier molecular flexibility index (Phi) is 4.00. The summed E-state index contributed by atoms with van der Waals surface area (Å²) in [7, 11) is 0. The third-order valence-corrected chi connectivity index (χ3v) is 3.44. The van der Waals surface area contributed by atoms with E-state index in [9.17, 15) is 0 Å². The second-order valence-electron chi connectivity index (χ2n) is 4.71. The van der Waals surface area contributed by atoms with Crippen molar-refractivity contribution in [3.63, 3.8) is 0 Å². The Morgan fingerprint density at radius 2 is 2.28 bits per heavy atom. The van der Waals surface area contributed by atoms with Crippen molar-refractivity contribution in [2.24, 2.45) is 0 Å². The van der Waals surface area contributed by atoms with E-state index in [0.717, 1.165) is 6.54 Å². The highest BCUT2D eigenvalue weighted by Crippen LogP contribution is 2.19. The number of nitrogens with zero attached hydrogens (tertiary/aromatic N) is 3. The summed E-state index contributed by atoms with van der Waals surface area (Å²) in [6.45, 7) is 5.34. The second kappa shape index (κ2) is 5.69. The van der Waals surface area contributed by atoms with Crippen LogP contribution in [0.4, 0.5) is 11.5 Å². The van der Waals surface area contributed by atoms with Crippen LogP contribution < -0.4 is 11.1 Å². The van der Waals surface area contributed by atoms with E-state index in [1.54, 1.807) is 12.3 Å². The van der Waals surface area contributed by atoms with Gasteiger partial charge in [-0.1, -0.05) is 0 Å². The van der Waals surface area contributed by atoms with Crippen molar-refractivity contribution in [1.82, 2.24) is 9.88 Å². The molecule has 0 aliphatic carbocycles. The fourth-order valence-corrected chi connectivity index (χ4v) is 2.27. The number of nitrogens with two attached hydrogens (primary N) is 1.